The first kappa shape index (κ1) is 13.5. The number of sulfonamides is 1. The molecule has 0 fully saturated rings. The van der Waals surface area contributed by atoms with E-state index in [2.05, 4.69) is 15.2 Å². The number of benzene rings is 1. The van der Waals surface area contributed by atoms with Crippen molar-refractivity contribution in [1.82, 2.24) is 19.5 Å². The zero-order valence-corrected chi connectivity index (χ0v) is 11.3. The van der Waals surface area contributed by atoms with Crippen LogP contribution < -0.4 is 0 Å². The molecule has 2 aromatic rings. The van der Waals surface area contributed by atoms with E-state index in [1.165, 1.54) is 31.3 Å². The summed E-state index contributed by atoms with van der Waals surface area (Å²) < 4.78 is 25.6. The van der Waals surface area contributed by atoms with Crippen molar-refractivity contribution >= 4 is 10.0 Å². The van der Waals surface area contributed by atoms with Gasteiger partial charge in [-0.15, -0.1) is 0 Å². The summed E-state index contributed by atoms with van der Waals surface area (Å²) in [5, 5.41) is 15.9. The minimum atomic E-state index is -3.67. The summed E-state index contributed by atoms with van der Waals surface area (Å²) in [6.45, 7) is 1.79. The van der Waals surface area contributed by atoms with E-state index in [1.807, 2.05) is 0 Å². The first-order valence-corrected chi connectivity index (χ1v) is 6.97. The van der Waals surface area contributed by atoms with Crippen molar-refractivity contribution in [1.29, 1.82) is 0 Å². The van der Waals surface area contributed by atoms with Gasteiger partial charge in [0.25, 0.3) is 0 Å². The number of aromatic hydroxyl groups is 1. The first-order chi connectivity index (χ1) is 8.89. The number of nitrogens with zero attached hydrogens (tertiary/aromatic N) is 3. The Hall–Kier alpha value is -1.93. The third-order valence-corrected chi connectivity index (χ3v) is 4.33. The van der Waals surface area contributed by atoms with Gasteiger partial charge in [0, 0.05) is 7.05 Å². The number of H-pyrrole nitrogens is 1. The molecule has 102 valence electrons. The Bertz CT molecular complexity index is 681. The zero-order chi connectivity index (χ0) is 14.0. The number of aryl methyl sites for hydroxylation is 1. The van der Waals surface area contributed by atoms with Crippen LogP contribution in [0.4, 0.5) is 0 Å². The van der Waals surface area contributed by atoms with E-state index in [4.69, 9.17) is 0 Å². The highest BCUT2D eigenvalue weighted by Crippen LogP contribution is 2.19. The Labute approximate surface area is 111 Å². The van der Waals surface area contributed by atoms with Crippen LogP contribution in [-0.2, 0) is 16.6 Å². The van der Waals surface area contributed by atoms with E-state index in [0.29, 0.717) is 11.6 Å². The maximum atomic E-state index is 12.2. The quantitative estimate of drug-likeness (QED) is 0.857. The van der Waals surface area contributed by atoms with Gasteiger partial charge in [-0.1, -0.05) is 6.07 Å². The molecular formula is C11H14N4O3S. The number of phenolic OH excluding ortho intramolecular Hbond substituents is 1. The van der Waals surface area contributed by atoms with Crippen LogP contribution >= 0.6 is 0 Å². The lowest BCUT2D eigenvalue weighted by molar-refractivity contribution is 0.453. The second kappa shape index (κ2) is 4.98. The molecule has 0 amide bonds. The molecule has 7 nitrogen and oxygen atoms in total. The highest BCUT2D eigenvalue weighted by molar-refractivity contribution is 7.89. The number of phenols is 1. The first-order valence-electron chi connectivity index (χ1n) is 5.53. The van der Waals surface area contributed by atoms with Gasteiger partial charge in [0.2, 0.25) is 10.0 Å². The number of hydrogen-bond donors (Lipinski definition) is 2. The Kier molecular flexibility index (Phi) is 3.54. The zero-order valence-electron chi connectivity index (χ0n) is 10.5. The molecule has 1 aromatic carbocycles. The standard InChI is InChI=1S/C11H14N4O3S/c1-8-12-11(14-13-8)7-15(2)19(17,18)10-5-3-4-9(16)6-10/h3-6,16H,7H2,1-2H3,(H,12,13,14). The van der Waals surface area contributed by atoms with Gasteiger partial charge >= 0.3 is 0 Å². The largest absolute Gasteiger partial charge is 0.508 e. The number of aromatic nitrogens is 3. The van der Waals surface area contributed by atoms with Crippen molar-refractivity contribution in [3.05, 3.63) is 35.9 Å². The van der Waals surface area contributed by atoms with Crippen LogP contribution in [0.15, 0.2) is 29.2 Å². The molecule has 1 heterocycles. The van der Waals surface area contributed by atoms with Gasteiger partial charge in [-0.05, 0) is 25.1 Å². The van der Waals surface area contributed by atoms with Crippen LogP contribution in [0.1, 0.15) is 11.6 Å². The SMILES string of the molecule is Cc1nc(CN(C)S(=O)(=O)c2cccc(O)c2)n[nH]1. The van der Waals surface area contributed by atoms with E-state index in [0.717, 1.165) is 4.31 Å². The minimum absolute atomic E-state index is 0.0299. The predicted octanol–water partition coefficient (Wildman–Crippen LogP) is 0.639. The van der Waals surface area contributed by atoms with E-state index < -0.39 is 10.0 Å². The second-order valence-corrected chi connectivity index (χ2v) is 6.14. The third kappa shape index (κ3) is 2.91. The van der Waals surface area contributed by atoms with Crippen LogP contribution in [0.2, 0.25) is 0 Å². The minimum Gasteiger partial charge on any atom is -0.508 e. The lowest BCUT2D eigenvalue weighted by Crippen LogP contribution is -2.27. The van der Waals surface area contributed by atoms with Gasteiger partial charge in [-0.3, -0.25) is 5.10 Å². The Morgan fingerprint density at radius 2 is 2.16 bits per heavy atom. The fourth-order valence-electron chi connectivity index (χ4n) is 1.57. The molecule has 19 heavy (non-hydrogen) atoms. The highest BCUT2D eigenvalue weighted by Gasteiger charge is 2.22. The van der Waals surface area contributed by atoms with Gasteiger partial charge in [-0.2, -0.15) is 9.40 Å². The van der Waals surface area contributed by atoms with Gasteiger partial charge in [0.15, 0.2) is 5.82 Å². The van der Waals surface area contributed by atoms with Gasteiger partial charge in [0.1, 0.15) is 11.6 Å². The topological polar surface area (TPSA) is 99.2 Å². The maximum absolute atomic E-state index is 12.2. The smallest absolute Gasteiger partial charge is 0.243 e. The average Bonchev–Trinajstić information content (AvgIpc) is 2.74. The molecule has 0 aliphatic heterocycles. The number of aromatic amines is 1. The van der Waals surface area contributed by atoms with Crippen LogP contribution in [0, 0.1) is 6.92 Å². The summed E-state index contributed by atoms with van der Waals surface area (Å²) in [4.78, 5) is 4.08. The molecule has 0 saturated carbocycles. The van der Waals surface area contributed by atoms with E-state index in [-0.39, 0.29) is 17.2 Å². The normalized spacial score (nSPS) is 11.9. The highest BCUT2D eigenvalue weighted by atomic mass is 32.2. The lowest BCUT2D eigenvalue weighted by Gasteiger charge is -2.15. The molecule has 0 unspecified atom stereocenters. The molecule has 0 bridgehead atoms. The van der Waals surface area contributed by atoms with Crippen LogP contribution in [0.3, 0.4) is 0 Å². The molecule has 2 N–H and O–H groups in total. The molecular weight excluding hydrogens is 268 g/mol. The summed E-state index contributed by atoms with van der Waals surface area (Å²) in [5.74, 6) is 0.921. The molecule has 0 aliphatic rings. The lowest BCUT2D eigenvalue weighted by atomic mass is 10.3. The molecule has 1 aromatic heterocycles. The van der Waals surface area contributed by atoms with Crippen molar-refractivity contribution in [3.63, 3.8) is 0 Å². The summed E-state index contributed by atoms with van der Waals surface area (Å²) in [6.07, 6.45) is 0. The Morgan fingerprint density at radius 1 is 1.42 bits per heavy atom. The molecule has 0 radical (unpaired) electrons. The molecule has 2 rings (SSSR count). The molecule has 8 heteroatoms. The predicted molar refractivity (Wildman–Crippen MR) is 67.9 cm³/mol. The van der Waals surface area contributed by atoms with E-state index >= 15 is 0 Å². The van der Waals surface area contributed by atoms with Gasteiger partial charge < -0.3 is 5.11 Å². The number of rotatable bonds is 4. The van der Waals surface area contributed by atoms with E-state index in [9.17, 15) is 13.5 Å². The molecule has 0 saturated heterocycles. The van der Waals surface area contributed by atoms with Crippen molar-refractivity contribution in [3.8, 4) is 5.75 Å². The summed E-state index contributed by atoms with van der Waals surface area (Å²) >= 11 is 0. The van der Waals surface area contributed by atoms with Gasteiger partial charge in [0.05, 0.1) is 11.4 Å². The van der Waals surface area contributed by atoms with Crippen LogP contribution in [0.5, 0.6) is 5.75 Å². The van der Waals surface area contributed by atoms with E-state index in [1.54, 1.807) is 6.92 Å². The molecule has 0 aliphatic carbocycles. The molecule has 0 spiro atoms. The Balaban J connectivity index is 2.24. The van der Waals surface area contributed by atoms with Crippen molar-refractivity contribution in [2.75, 3.05) is 7.05 Å². The average molecular weight is 282 g/mol. The van der Waals surface area contributed by atoms with Gasteiger partial charge in [-0.25, -0.2) is 13.4 Å². The third-order valence-electron chi connectivity index (χ3n) is 2.53. The van der Waals surface area contributed by atoms with Crippen molar-refractivity contribution in [2.24, 2.45) is 0 Å². The Morgan fingerprint density at radius 3 is 2.74 bits per heavy atom. The van der Waals surface area contributed by atoms with Crippen molar-refractivity contribution in [2.45, 2.75) is 18.4 Å². The summed E-state index contributed by atoms with van der Waals surface area (Å²) in [7, 11) is -2.24. The summed E-state index contributed by atoms with van der Waals surface area (Å²) in [5.41, 5.74) is 0. The van der Waals surface area contributed by atoms with Crippen LogP contribution in [-0.4, -0.2) is 40.1 Å². The summed E-state index contributed by atoms with van der Waals surface area (Å²) in [6, 6.07) is 5.52. The fourth-order valence-corrected chi connectivity index (χ4v) is 2.73. The number of hydrogen-bond acceptors (Lipinski definition) is 5. The second-order valence-electron chi connectivity index (χ2n) is 4.10. The number of nitrogens with one attached hydrogen (secondary N) is 1. The van der Waals surface area contributed by atoms with Crippen LogP contribution in [0.25, 0.3) is 0 Å². The maximum Gasteiger partial charge on any atom is 0.243 e. The molecule has 0 atom stereocenters. The monoisotopic (exact) mass is 282 g/mol. The van der Waals surface area contributed by atoms with Crippen molar-refractivity contribution < 1.29 is 13.5 Å². The fraction of sp³-hybridized carbons (Fsp3) is 0.273.